The number of aromatic nitrogens is 2. The maximum Gasteiger partial charge on any atom is 0.212 e. The van der Waals surface area contributed by atoms with Crippen molar-refractivity contribution in [3.05, 3.63) is 35.4 Å². The number of hydrogen-bond acceptors (Lipinski definition) is 2. The van der Waals surface area contributed by atoms with Crippen LogP contribution < -0.4 is 0 Å². The SMILES string of the molecule is Cc1ccccc1-c1nn(C)c(O)c1CC(C)C. The van der Waals surface area contributed by atoms with Gasteiger partial charge in [0, 0.05) is 18.2 Å². The van der Waals surface area contributed by atoms with Crippen molar-refractivity contribution in [2.24, 2.45) is 13.0 Å². The fourth-order valence-corrected chi connectivity index (χ4v) is 2.21. The second kappa shape index (κ2) is 4.84. The lowest BCUT2D eigenvalue weighted by Crippen LogP contribution is -1.96. The second-order valence-electron chi connectivity index (χ2n) is 5.19. The Kier molecular flexibility index (Phi) is 3.41. The van der Waals surface area contributed by atoms with Crippen LogP contribution in [0.5, 0.6) is 5.88 Å². The van der Waals surface area contributed by atoms with Crippen molar-refractivity contribution in [2.75, 3.05) is 0 Å². The largest absolute Gasteiger partial charge is 0.493 e. The molecule has 1 aromatic heterocycles. The first kappa shape index (κ1) is 12.7. The Morgan fingerprint density at radius 2 is 1.94 bits per heavy atom. The zero-order valence-electron chi connectivity index (χ0n) is 11.4. The number of aryl methyl sites for hydroxylation is 2. The molecule has 0 saturated heterocycles. The van der Waals surface area contributed by atoms with Crippen molar-refractivity contribution in [1.29, 1.82) is 0 Å². The molecule has 18 heavy (non-hydrogen) atoms. The minimum Gasteiger partial charge on any atom is -0.493 e. The minimum atomic E-state index is 0.280. The lowest BCUT2D eigenvalue weighted by molar-refractivity contribution is 0.411. The molecule has 2 rings (SSSR count). The molecule has 0 spiro atoms. The van der Waals surface area contributed by atoms with Gasteiger partial charge in [0.05, 0.1) is 5.69 Å². The first-order valence-electron chi connectivity index (χ1n) is 6.31. The summed E-state index contributed by atoms with van der Waals surface area (Å²) in [6, 6.07) is 8.15. The average molecular weight is 244 g/mol. The fraction of sp³-hybridized carbons (Fsp3) is 0.400. The quantitative estimate of drug-likeness (QED) is 0.899. The van der Waals surface area contributed by atoms with Crippen molar-refractivity contribution in [3.63, 3.8) is 0 Å². The van der Waals surface area contributed by atoms with E-state index in [9.17, 15) is 5.11 Å². The molecule has 0 fully saturated rings. The predicted molar refractivity (Wildman–Crippen MR) is 73.6 cm³/mol. The van der Waals surface area contributed by atoms with Gasteiger partial charge in [-0.1, -0.05) is 38.1 Å². The standard InChI is InChI=1S/C15H20N2O/c1-10(2)9-13-14(16-17(4)15(13)18)12-8-6-5-7-11(12)3/h5-8,10,18H,9H2,1-4H3. The highest BCUT2D eigenvalue weighted by Crippen LogP contribution is 2.32. The molecular formula is C15H20N2O. The molecule has 1 N–H and O–H groups in total. The van der Waals surface area contributed by atoms with Gasteiger partial charge in [0.1, 0.15) is 0 Å². The topological polar surface area (TPSA) is 38.0 Å². The molecule has 3 heteroatoms. The van der Waals surface area contributed by atoms with E-state index in [4.69, 9.17) is 0 Å². The zero-order chi connectivity index (χ0) is 13.3. The Labute approximate surface area is 108 Å². The summed E-state index contributed by atoms with van der Waals surface area (Å²) in [5.41, 5.74) is 4.13. The van der Waals surface area contributed by atoms with E-state index in [-0.39, 0.29) is 5.88 Å². The van der Waals surface area contributed by atoms with Crippen LogP contribution in [0.4, 0.5) is 0 Å². The molecule has 0 aliphatic carbocycles. The molecule has 0 bridgehead atoms. The molecule has 0 radical (unpaired) electrons. The summed E-state index contributed by atoms with van der Waals surface area (Å²) < 4.78 is 1.56. The summed E-state index contributed by atoms with van der Waals surface area (Å²) in [6.45, 7) is 6.36. The number of benzene rings is 1. The van der Waals surface area contributed by atoms with Gasteiger partial charge in [0.25, 0.3) is 0 Å². The summed E-state index contributed by atoms with van der Waals surface area (Å²) in [7, 11) is 1.78. The van der Waals surface area contributed by atoms with Crippen LogP contribution in [0, 0.1) is 12.8 Å². The minimum absolute atomic E-state index is 0.280. The highest BCUT2D eigenvalue weighted by atomic mass is 16.3. The lowest BCUT2D eigenvalue weighted by atomic mass is 9.97. The fourth-order valence-electron chi connectivity index (χ4n) is 2.21. The molecule has 1 heterocycles. The van der Waals surface area contributed by atoms with Crippen LogP contribution in [0.25, 0.3) is 11.3 Å². The highest BCUT2D eigenvalue weighted by Gasteiger charge is 2.18. The van der Waals surface area contributed by atoms with Crippen molar-refractivity contribution >= 4 is 0 Å². The molecule has 0 aliphatic rings. The highest BCUT2D eigenvalue weighted by molar-refractivity contribution is 5.68. The van der Waals surface area contributed by atoms with Gasteiger partial charge in [0.15, 0.2) is 0 Å². The summed E-state index contributed by atoms with van der Waals surface area (Å²) >= 11 is 0. The zero-order valence-corrected chi connectivity index (χ0v) is 11.4. The van der Waals surface area contributed by atoms with E-state index in [1.165, 1.54) is 5.56 Å². The molecule has 2 aromatic rings. The summed E-state index contributed by atoms with van der Waals surface area (Å²) in [6.07, 6.45) is 0.837. The molecule has 3 nitrogen and oxygen atoms in total. The first-order valence-corrected chi connectivity index (χ1v) is 6.31. The van der Waals surface area contributed by atoms with Crippen molar-refractivity contribution in [2.45, 2.75) is 27.2 Å². The third-order valence-electron chi connectivity index (χ3n) is 3.12. The van der Waals surface area contributed by atoms with Gasteiger partial charge in [-0.2, -0.15) is 5.10 Å². The van der Waals surface area contributed by atoms with Crippen LogP contribution in [0.15, 0.2) is 24.3 Å². The van der Waals surface area contributed by atoms with Crippen molar-refractivity contribution < 1.29 is 5.11 Å². The monoisotopic (exact) mass is 244 g/mol. The normalized spacial score (nSPS) is 11.2. The Hall–Kier alpha value is -1.77. The molecule has 0 atom stereocenters. The van der Waals surface area contributed by atoms with E-state index >= 15 is 0 Å². The summed E-state index contributed by atoms with van der Waals surface area (Å²) in [5, 5.41) is 14.6. The van der Waals surface area contributed by atoms with Crippen molar-refractivity contribution in [3.8, 4) is 17.1 Å². The van der Waals surface area contributed by atoms with Crippen LogP contribution >= 0.6 is 0 Å². The van der Waals surface area contributed by atoms with Gasteiger partial charge in [0.2, 0.25) is 5.88 Å². The molecule has 0 unspecified atom stereocenters. The van der Waals surface area contributed by atoms with Gasteiger partial charge in [-0.15, -0.1) is 0 Å². The van der Waals surface area contributed by atoms with E-state index in [1.54, 1.807) is 11.7 Å². The van der Waals surface area contributed by atoms with E-state index in [1.807, 2.05) is 12.1 Å². The van der Waals surface area contributed by atoms with E-state index in [2.05, 4.69) is 38.0 Å². The van der Waals surface area contributed by atoms with Crippen LogP contribution in [0.2, 0.25) is 0 Å². The lowest BCUT2D eigenvalue weighted by Gasteiger charge is -2.07. The molecule has 0 amide bonds. The second-order valence-corrected chi connectivity index (χ2v) is 5.19. The van der Waals surface area contributed by atoms with Gasteiger partial charge < -0.3 is 5.11 Å². The molecule has 0 saturated carbocycles. The molecule has 96 valence electrons. The number of nitrogens with zero attached hydrogens (tertiary/aromatic N) is 2. The maximum atomic E-state index is 10.1. The number of rotatable bonds is 3. The van der Waals surface area contributed by atoms with Gasteiger partial charge in [-0.05, 0) is 24.8 Å². The number of aromatic hydroxyl groups is 1. The van der Waals surface area contributed by atoms with Gasteiger partial charge >= 0.3 is 0 Å². The smallest absolute Gasteiger partial charge is 0.212 e. The third-order valence-corrected chi connectivity index (χ3v) is 3.12. The Bertz CT molecular complexity index is 556. The number of hydrogen-bond donors (Lipinski definition) is 1. The third kappa shape index (κ3) is 2.26. The van der Waals surface area contributed by atoms with Gasteiger partial charge in [-0.3, -0.25) is 0 Å². The molecule has 0 aliphatic heterocycles. The van der Waals surface area contributed by atoms with Crippen LogP contribution in [0.3, 0.4) is 0 Å². The molecule has 1 aromatic carbocycles. The maximum absolute atomic E-state index is 10.1. The van der Waals surface area contributed by atoms with Crippen LogP contribution in [0.1, 0.15) is 25.0 Å². The summed E-state index contributed by atoms with van der Waals surface area (Å²) in [5.74, 6) is 0.768. The van der Waals surface area contributed by atoms with E-state index in [0.717, 1.165) is 23.2 Å². The summed E-state index contributed by atoms with van der Waals surface area (Å²) in [4.78, 5) is 0. The van der Waals surface area contributed by atoms with Gasteiger partial charge in [-0.25, -0.2) is 4.68 Å². The predicted octanol–water partition coefficient (Wildman–Crippen LogP) is 3.30. The first-order chi connectivity index (χ1) is 8.50. The Balaban J connectivity index is 2.57. The van der Waals surface area contributed by atoms with E-state index in [0.29, 0.717) is 5.92 Å². The Morgan fingerprint density at radius 3 is 2.56 bits per heavy atom. The Morgan fingerprint density at radius 1 is 1.28 bits per heavy atom. The van der Waals surface area contributed by atoms with Crippen LogP contribution in [-0.2, 0) is 13.5 Å². The van der Waals surface area contributed by atoms with E-state index < -0.39 is 0 Å². The average Bonchev–Trinajstić information content (AvgIpc) is 2.57. The van der Waals surface area contributed by atoms with Crippen molar-refractivity contribution in [1.82, 2.24) is 9.78 Å². The molecular weight excluding hydrogens is 224 g/mol. The van der Waals surface area contributed by atoms with Crippen LogP contribution in [-0.4, -0.2) is 14.9 Å².